The zero-order chi connectivity index (χ0) is 25.0. The van der Waals surface area contributed by atoms with Gasteiger partial charge in [0.05, 0.1) is 11.5 Å². The van der Waals surface area contributed by atoms with Crippen molar-refractivity contribution >= 4 is 23.4 Å². The molecule has 10 heteroatoms. The molecule has 1 N–H and O–H groups in total. The summed E-state index contributed by atoms with van der Waals surface area (Å²) >= 11 is 0. The lowest BCUT2D eigenvalue weighted by atomic mass is 10.1. The minimum atomic E-state index is -4.43. The minimum absolute atomic E-state index is 0.0646. The van der Waals surface area contributed by atoms with Gasteiger partial charge in [-0.3, -0.25) is 19.3 Å². The number of amides is 3. The molecule has 2 aliphatic rings. The molecule has 2 aliphatic heterocycles. The third-order valence-corrected chi connectivity index (χ3v) is 6.41. The maximum atomic E-state index is 12.7. The molecular weight excluding hydrogens is 461 g/mol. The van der Waals surface area contributed by atoms with Crippen LogP contribution in [0.5, 0.6) is 0 Å². The second-order valence-corrected chi connectivity index (χ2v) is 8.74. The molecule has 0 aliphatic carbocycles. The number of hydrogen-bond acceptors (Lipinski definition) is 4. The number of rotatable bonds is 6. The van der Waals surface area contributed by atoms with E-state index in [2.05, 4.69) is 10.2 Å². The molecule has 2 heterocycles. The van der Waals surface area contributed by atoms with Crippen LogP contribution in [-0.4, -0.2) is 73.3 Å². The van der Waals surface area contributed by atoms with E-state index in [1.165, 1.54) is 12.1 Å². The maximum absolute atomic E-state index is 12.7. The highest BCUT2D eigenvalue weighted by Gasteiger charge is 2.35. The number of benzene rings is 2. The molecular formula is C25H27F3N4O3. The van der Waals surface area contributed by atoms with Crippen molar-refractivity contribution < 1.29 is 27.6 Å². The van der Waals surface area contributed by atoms with Gasteiger partial charge in [0, 0.05) is 63.5 Å². The fourth-order valence-corrected chi connectivity index (χ4v) is 4.38. The Morgan fingerprint density at radius 3 is 2.23 bits per heavy atom. The number of nitrogens with zero attached hydrogens (tertiary/aromatic N) is 3. The lowest BCUT2D eigenvalue weighted by Crippen LogP contribution is -2.50. The Labute approximate surface area is 201 Å². The van der Waals surface area contributed by atoms with Crippen LogP contribution in [0.3, 0.4) is 0 Å². The Morgan fingerprint density at radius 2 is 1.60 bits per heavy atom. The van der Waals surface area contributed by atoms with Gasteiger partial charge in [-0.15, -0.1) is 0 Å². The number of halogens is 3. The first kappa shape index (κ1) is 24.7. The van der Waals surface area contributed by atoms with E-state index in [1.54, 1.807) is 9.80 Å². The predicted octanol–water partition coefficient (Wildman–Crippen LogP) is 2.63. The molecule has 2 saturated heterocycles. The average molecular weight is 489 g/mol. The predicted molar refractivity (Wildman–Crippen MR) is 124 cm³/mol. The summed E-state index contributed by atoms with van der Waals surface area (Å²) < 4.78 is 38.2. The lowest BCUT2D eigenvalue weighted by Gasteiger charge is -2.34. The molecule has 2 fully saturated rings. The van der Waals surface area contributed by atoms with Crippen molar-refractivity contribution in [2.45, 2.75) is 12.6 Å². The van der Waals surface area contributed by atoms with Gasteiger partial charge < -0.3 is 15.1 Å². The number of anilines is 1. The first-order valence-corrected chi connectivity index (χ1v) is 11.5. The topological polar surface area (TPSA) is 73.0 Å². The van der Waals surface area contributed by atoms with Crippen LogP contribution < -0.4 is 10.2 Å². The van der Waals surface area contributed by atoms with Crippen LogP contribution in [0.25, 0.3) is 0 Å². The third kappa shape index (κ3) is 6.00. The second-order valence-electron chi connectivity index (χ2n) is 8.74. The van der Waals surface area contributed by atoms with Crippen molar-refractivity contribution in [3.63, 3.8) is 0 Å². The van der Waals surface area contributed by atoms with Gasteiger partial charge in [-0.2, -0.15) is 13.2 Å². The van der Waals surface area contributed by atoms with Gasteiger partial charge in [-0.1, -0.05) is 18.2 Å². The molecule has 0 bridgehead atoms. The maximum Gasteiger partial charge on any atom is 0.416 e. The molecule has 0 aromatic heterocycles. The van der Waals surface area contributed by atoms with E-state index >= 15 is 0 Å². The van der Waals surface area contributed by atoms with Gasteiger partial charge in [-0.25, -0.2) is 0 Å². The minimum Gasteiger partial charge on any atom is -0.355 e. The molecule has 35 heavy (non-hydrogen) atoms. The number of carbonyl (C=O) groups is 3. The molecule has 0 radical (unpaired) electrons. The average Bonchev–Trinajstić information content (AvgIpc) is 3.26. The van der Waals surface area contributed by atoms with E-state index in [1.807, 2.05) is 30.3 Å². The lowest BCUT2D eigenvalue weighted by molar-refractivity contribution is -0.137. The Bertz CT molecular complexity index is 1050. The van der Waals surface area contributed by atoms with Crippen LogP contribution in [0.2, 0.25) is 0 Å². The van der Waals surface area contributed by atoms with Gasteiger partial charge >= 0.3 is 6.18 Å². The van der Waals surface area contributed by atoms with E-state index in [-0.39, 0.29) is 35.6 Å². The van der Waals surface area contributed by atoms with Crippen LogP contribution in [-0.2, 0) is 15.8 Å². The fourth-order valence-electron chi connectivity index (χ4n) is 4.38. The van der Waals surface area contributed by atoms with Crippen molar-refractivity contribution in [3.05, 3.63) is 65.7 Å². The molecule has 1 atom stereocenters. The Balaban J connectivity index is 1.18. The molecule has 4 rings (SSSR count). The summed E-state index contributed by atoms with van der Waals surface area (Å²) in [6, 6.07) is 13.5. The summed E-state index contributed by atoms with van der Waals surface area (Å²) in [5, 5.41) is 2.91. The number of para-hydroxylation sites is 1. The number of hydrogen-bond donors (Lipinski definition) is 1. The molecule has 7 nitrogen and oxygen atoms in total. The first-order valence-electron chi connectivity index (χ1n) is 11.5. The zero-order valence-electron chi connectivity index (χ0n) is 19.1. The first-order chi connectivity index (χ1) is 16.7. The Kier molecular flexibility index (Phi) is 7.39. The van der Waals surface area contributed by atoms with Crippen molar-refractivity contribution in [1.29, 1.82) is 0 Å². The molecule has 0 spiro atoms. The van der Waals surface area contributed by atoms with Gasteiger partial charge in [0.15, 0.2) is 0 Å². The van der Waals surface area contributed by atoms with Crippen molar-refractivity contribution in [2.75, 3.05) is 50.7 Å². The Morgan fingerprint density at radius 1 is 0.943 bits per heavy atom. The highest BCUT2D eigenvalue weighted by molar-refractivity contribution is 6.00. The van der Waals surface area contributed by atoms with Crippen LogP contribution in [0.1, 0.15) is 22.3 Å². The Hall–Kier alpha value is -3.40. The van der Waals surface area contributed by atoms with Gasteiger partial charge in [-0.05, 0) is 36.4 Å². The SMILES string of the molecule is O=C(NCCN1CCN(C(=O)c2ccc(C(F)(F)F)cc2)CC1)C1CC(=O)N(c2ccccc2)C1. The number of carbonyl (C=O) groups excluding carboxylic acids is 3. The largest absolute Gasteiger partial charge is 0.416 e. The normalized spacial score (nSPS) is 19.2. The van der Waals surface area contributed by atoms with Crippen molar-refractivity contribution in [1.82, 2.24) is 15.1 Å². The summed E-state index contributed by atoms with van der Waals surface area (Å²) in [6.45, 7) is 3.52. The third-order valence-electron chi connectivity index (χ3n) is 6.41. The summed E-state index contributed by atoms with van der Waals surface area (Å²) in [5.41, 5.74) is 0.238. The quantitative estimate of drug-likeness (QED) is 0.679. The summed E-state index contributed by atoms with van der Waals surface area (Å²) in [7, 11) is 0. The fraction of sp³-hybridized carbons (Fsp3) is 0.400. The molecule has 1 unspecified atom stereocenters. The van der Waals surface area contributed by atoms with Gasteiger partial charge in [0.1, 0.15) is 0 Å². The highest BCUT2D eigenvalue weighted by Crippen LogP contribution is 2.29. The summed E-state index contributed by atoms with van der Waals surface area (Å²) in [6.07, 6.45) is -4.25. The monoisotopic (exact) mass is 488 g/mol. The van der Waals surface area contributed by atoms with Crippen LogP contribution in [0.4, 0.5) is 18.9 Å². The van der Waals surface area contributed by atoms with E-state index in [0.29, 0.717) is 45.8 Å². The number of piperazine rings is 1. The summed E-state index contributed by atoms with van der Waals surface area (Å²) in [4.78, 5) is 42.9. The molecule has 3 amide bonds. The molecule has 186 valence electrons. The van der Waals surface area contributed by atoms with Gasteiger partial charge in [0.25, 0.3) is 5.91 Å². The van der Waals surface area contributed by atoms with Gasteiger partial charge in [0.2, 0.25) is 11.8 Å². The standard InChI is InChI=1S/C25H27F3N4O3/c26-25(27,28)20-8-6-18(7-9-20)24(35)31-14-12-30(13-15-31)11-10-29-23(34)19-16-22(33)32(17-19)21-4-2-1-3-5-21/h1-9,19H,10-17H2,(H,29,34). The van der Waals surface area contributed by atoms with Crippen LogP contribution in [0.15, 0.2) is 54.6 Å². The van der Waals surface area contributed by atoms with Crippen molar-refractivity contribution in [3.8, 4) is 0 Å². The smallest absolute Gasteiger partial charge is 0.355 e. The van der Waals surface area contributed by atoms with Crippen LogP contribution >= 0.6 is 0 Å². The zero-order valence-corrected chi connectivity index (χ0v) is 19.1. The number of nitrogens with one attached hydrogen (secondary N) is 1. The molecule has 2 aromatic carbocycles. The van der Waals surface area contributed by atoms with Crippen LogP contribution in [0, 0.1) is 5.92 Å². The number of alkyl halides is 3. The second kappa shape index (κ2) is 10.5. The highest BCUT2D eigenvalue weighted by atomic mass is 19.4. The molecule has 0 saturated carbocycles. The van der Waals surface area contributed by atoms with E-state index in [0.717, 1.165) is 17.8 Å². The van der Waals surface area contributed by atoms with E-state index in [4.69, 9.17) is 0 Å². The molecule has 2 aromatic rings. The summed E-state index contributed by atoms with van der Waals surface area (Å²) in [5.74, 6) is -0.889. The van der Waals surface area contributed by atoms with Crippen molar-refractivity contribution in [2.24, 2.45) is 5.92 Å². The van der Waals surface area contributed by atoms with E-state index in [9.17, 15) is 27.6 Å². The van der Waals surface area contributed by atoms with E-state index < -0.39 is 11.7 Å².